The van der Waals surface area contributed by atoms with Gasteiger partial charge in [-0.25, -0.2) is 9.37 Å². The molecular formula is C16H20FN3O. The second kappa shape index (κ2) is 5.95. The molecule has 3 rings (SSSR count). The number of halogens is 1. The molecule has 21 heavy (non-hydrogen) atoms. The normalized spacial score (nSPS) is 21.4. The fourth-order valence-corrected chi connectivity index (χ4v) is 2.88. The summed E-state index contributed by atoms with van der Waals surface area (Å²) in [6.45, 7) is 3.55. The van der Waals surface area contributed by atoms with Gasteiger partial charge >= 0.3 is 0 Å². The van der Waals surface area contributed by atoms with Gasteiger partial charge in [0, 0.05) is 18.7 Å². The van der Waals surface area contributed by atoms with Crippen molar-refractivity contribution >= 4 is 0 Å². The number of hydrogen-bond donors (Lipinski definition) is 1. The van der Waals surface area contributed by atoms with Crippen LogP contribution in [-0.4, -0.2) is 22.8 Å². The lowest BCUT2D eigenvalue weighted by Crippen LogP contribution is -2.25. The molecule has 1 fully saturated rings. The Morgan fingerprint density at radius 3 is 2.81 bits per heavy atom. The first-order valence-electron chi connectivity index (χ1n) is 7.27. The fraction of sp³-hybridized carbons (Fsp3) is 0.438. The van der Waals surface area contributed by atoms with Crippen LogP contribution in [-0.2, 0) is 4.74 Å². The van der Waals surface area contributed by atoms with E-state index in [0.29, 0.717) is 12.5 Å². The van der Waals surface area contributed by atoms with E-state index in [-0.39, 0.29) is 17.9 Å². The number of nitrogens with two attached hydrogens (primary N) is 1. The van der Waals surface area contributed by atoms with Crippen LogP contribution >= 0.6 is 0 Å². The van der Waals surface area contributed by atoms with Crippen molar-refractivity contribution in [2.24, 2.45) is 11.7 Å². The van der Waals surface area contributed by atoms with E-state index in [1.807, 2.05) is 6.20 Å². The van der Waals surface area contributed by atoms with Crippen molar-refractivity contribution in [2.75, 3.05) is 13.2 Å². The van der Waals surface area contributed by atoms with Crippen molar-refractivity contribution in [3.8, 4) is 0 Å². The number of hydrogen-bond acceptors (Lipinski definition) is 3. The quantitative estimate of drug-likeness (QED) is 0.941. The van der Waals surface area contributed by atoms with Gasteiger partial charge in [0.15, 0.2) is 0 Å². The molecule has 2 aromatic rings. The van der Waals surface area contributed by atoms with Gasteiger partial charge in [-0.05, 0) is 31.0 Å². The highest BCUT2D eigenvalue weighted by atomic mass is 19.1. The molecule has 0 saturated carbocycles. The third kappa shape index (κ3) is 2.84. The Bertz CT molecular complexity index is 590. The third-order valence-electron chi connectivity index (χ3n) is 4.28. The molecule has 4 nitrogen and oxygen atoms in total. The molecule has 1 aliphatic rings. The molecule has 3 atom stereocenters. The zero-order valence-electron chi connectivity index (χ0n) is 12.1. The summed E-state index contributed by atoms with van der Waals surface area (Å²) < 4.78 is 20.5. The second-order valence-corrected chi connectivity index (χ2v) is 5.60. The van der Waals surface area contributed by atoms with E-state index >= 15 is 0 Å². The maximum absolute atomic E-state index is 13.1. The van der Waals surface area contributed by atoms with E-state index in [2.05, 4.69) is 16.5 Å². The van der Waals surface area contributed by atoms with Gasteiger partial charge in [0.1, 0.15) is 5.82 Å². The first-order chi connectivity index (χ1) is 10.2. The van der Waals surface area contributed by atoms with Gasteiger partial charge in [-0.3, -0.25) is 0 Å². The summed E-state index contributed by atoms with van der Waals surface area (Å²) in [6.07, 6.45) is 4.60. The van der Waals surface area contributed by atoms with E-state index in [1.54, 1.807) is 18.5 Å². The van der Waals surface area contributed by atoms with Gasteiger partial charge in [0.05, 0.1) is 30.7 Å². The number of imidazole rings is 1. The number of aromatic nitrogens is 2. The summed E-state index contributed by atoms with van der Waals surface area (Å²) in [6, 6.07) is 6.54. The summed E-state index contributed by atoms with van der Waals surface area (Å²) >= 11 is 0. The largest absolute Gasteiger partial charge is 0.381 e. The Kier molecular flexibility index (Phi) is 4.03. The first-order valence-corrected chi connectivity index (χ1v) is 7.27. The van der Waals surface area contributed by atoms with Crippen LogP contribution in [0, 0.1) is 11.7 Å². The summed E-state index contributed by atoms with van der Waals surface area (Å²) in [4.78, 5) is 4.25. The molecule has 1 saturated heterocycles. The van der Waals surface area contributed by atoms with E-state index in [1.165, 1.54) is 12.1 Å². The first kappa shape index (κ1) is 14.2. The van der Waals surface area contributed by atoms with Gasteiger partial charge in [0.25, 0.3) is 0 Å². The highest BCUT2D eigenvalue weighted by Crippen LogP contribution is 2.29. The fourth-order valence-electron chi connectivity index (χ4n) is 2.88. The van der Waals surface area contributed by atoms with Crippen LogP contribution in [0.5, 0.6) is 0 Å². The van der Waals surface area contributed by atoms with Crippen LogP contribution in [0.1, 0.15) is 36.7 Å². The van der Waals surface area contributed by atoms with Gasteiger partial charge in [-0.15, -0.1) is 0 Å². The molecule has 0 radical (unpaired) electrons. The van der Waals surface area contributed by atoms with Crippen LogP contribution in [0.4, 0.5) is 4.39 Å². The average molecular weight is 289 g/mol. The van der Waals surface area contributed by atoms with Crippen molar-refractivity contribution < 1.29 is 9.13 Å². The van der Waals surface area contributed by atoms with Crippen LogP contribution in [0.25, 0.3) is 0 Å². The minimum absolute atomic E-state index is 0.0662. The second-order valence-electron chi connectivity index (χ2n) is 5.60. The summed E-state index contributed by atoms with van der Waals surface area (Å²) in [5.41, 5.74) is 8.42. The Morgan fingerprint density at radius 2 is 2.14 bits per heavy atom. The lowest BCUT2D eigenvalue weighted by Gasteiger charge is -2.23. The van der Waals surface area contributed by atoms with Crippen LogP contribution in [0.15, 0.2) is 36.8 Å². The minimum atomic E-state index is -0.225. The van der Waals surface area contributed by atoms with Crippen molar-refractivity contribution in [2.45, 2.75) is 25.4 Å². The Labute approximate surface area is 123 Å². The Balaban J connectivity index is 1.85. The SMILES string of the molecule is CC(c1ccc(F)cc1)n1cncc1C(N)C1CCOC1. The van der Waals surface area contributed by atoms with Gasteiger partial charge in [-0.2, -0.15) is 0 Å². The molecule has 0 amide bonds. The van der Waals surface area contributed by atoms with Crippen molar-refractivity contribution in [1.29, 1.82) is 0 Å². The number of ether oxygens (including phenoxy) is 1. The molecule has 0 bridgehead atoms. The van der Waals surface area contributed by atoms with Crippen molar-refractivity contribution in [1.82, 2.24) is 9.55 Å². The van der Waals surface area contributed by atoms with Gasteiger partial charge < -0.3 is 15.0 Å². The molecule has 1 aliphatic heterocycles. The Hall–Kier alpha value is -1.72. The van der Waals surface area contributed by atoms with E-state index < -0.39 is 0 Å². The standard InChI is InChI=1S/C16H20FN3O/c1-11(12-2-4-14(17)5-3-12)20-10-19-8-15(20)16(18)13-6-7-21-9-13/h2-5,8,10-11,13,16H,6-7,9,18H2,1H3. The summed E-state index contributed by atoms with van der Waals surface area (Å²) in [5.74, 6) is 0.109. The molecular weight excluding hydrogens is 269 g/mol. The zero-order valence-corrected chi connectivity index (χ0v) is 12.1. The van der Waals surface area contributed by atoms with Crippen LogP contribution in [0.3, 0.4) is 0 Å². The monoisotopic (exact) mass is 289 g/mol. The molecule has 3 unspecified atom stereocenters. The van der Waals surface area contributed by atoms with E-state index in [9.17, 15) is 4.39 Å². The maximum atomic E-state index is 13.1. The number of nitrogens with zero attached hydrogens (tertiary/aromatic N) is 2. The lowest BCUT2D eigenvalue weighted by molar-refractivity contribution is 0.180. The van der Waals surface area contributed by atoms with Crippen LogP contribution < -0.4 is 5.73 Å². The molecule has 1 aromatic carbocycles. The molecule has 112 valence electrons. The van der Waals surface area contributed by atoms with Crippen molar-refractivity contribution in [3.63, 3.8) is 0 Å². The van der Waals surface area contributed by atoms with Gasteiger partial charge in [0.2, 0.25) is 0 Å². The summed E-state index contributed by atoms with van der Waals surface area (Å²) in [7, 11) is 0. The third-order valence-corrected chi connectivity index (χ3v) is 4.28. The highest BCUT2D eigenvalue weighted by molar-refractivity contribution is 5.22. The maximum Gasteiger partial charge on any atom is 0.123 e. The zero-order chi connectivity index (χ0) is 14.8. The number of benzene rings is 1. The Morgan fingerprint density at radius 1 is 1.38 bits per heavy atom. The molecule has 0 aliphatic carbocycles. The van der Waals surface area contributed by atoms with Crippen LogP contribution in [0.2, 0.25) is 0 Å². The average Bonchev–Trinajstić information content (AvgIpc) is 3.18. The molecule has 1 aromatic heterocycles. The molecule has 2 N–H and O–H groups in total. The number of rotatable bonds is 4. The topological polar surface area (TPSA) is 53.1 Å². The van der Waals surface area contributed by atoms with Gasteiger partial charge in [-0.1, -0.05) is 12.1 Å². The predicted octanol–water partition coefficient (Wildman–Crippen LogP) is 2.67. The highest BCUT2D eigenvalue weighted by Gasteiger charge is 2.27. The molecule has 5 heteroatoms. The summed E-state index contributed by atoms with van der Waals surface area (Å²) in [5, 5.41) is 0. The smallest absolute Gasteiger partial charge is 0.123 e. The lowest BCUT2D eigenvalue weighted by atomic mass is 9.96. The predicted molar refractivity (Wildman–Crippen MR) is 78.3 cm³/mol. The van der Waals surface area contributed by atoms with E-state index in [0.717, 1.165) is 24.3 Å². The minimum Gasteiger partial charge on any atom is -0.381 e. The molecule has 0 spiro atoms. The van der Waals surface area contributed by atoms with Crippen molar-refractivity contribution in [3.05, 3.63) is 53.9 Å². The van der Waals surface area contributed by atoms with E-state index in [4.69, 9.17) is 10.5 Å². The molecule has 2 heterocycles.